The molecule has 4 rings (SSSR count). The number of hydrogen-bond donors (Lipinski definition) is 0. The lowest BCUT2D eigenvalue weighted by Gasteiger charge is -2.10. The molecule has 1 aliphatic rings. The summed E-state index contributed by atoms with van der Waals surface area (Å²) in [4.78, 5) is 8.59. The Kier molecular flexibility index (Phi) is 2.57. The van der Waals surface area contributed by atoms with E-state index in [-0.39, 0.29) is 0 Å². The van der Waals surface area contributed by atoms with Gasteiger partial charge in [-0.15, -0.1) is 0 Å². The Balaban J connectivity index is 2.03. The smallest absolute Gasteiger partial charge is 0.0667 e. The largest absolute Gasteiger partial charge is 0.263 e. The second kappa shape index (κ2) is 4.43. The number of benzene rings is 1. The molecule has 3 aromatic rings. The van der Waals surface area contributed by atoms with E-state index < -0.39 is 0 Å². The van der Waals surface area contributed by atoms with Gasteiger partial charge >= 0.3 is 0 Å². The summed E-state index contributed by atoms with van der Waals surface area (Å²) in [7, 11) is 0. The molecule has 3 heteroatoms. The molecule has 0 amide bonds. The van der Waals surface area contributed by atoms with Crippen LogP contribution in [0.1, 0.15) is 11.3 Å². The summed E-state index contributed by atoms with van der Waals surface area (Å²) >= 11 is 6.30. The molecule has 2 nitrogen and oxygen atoms in total. The van der Waals surface area contributed by atoms with Crippen molar-refractivity contribution in [3.8, 4) is 22.3 Å². The maximum absolute atomic E-state index is 6.30. The second-order valence-electron chi connectivity index (χ2n) is 4.87. The van der Waals surface area contributed by atoms with E-state index in [9.17, 15) is 0 Å². The molecule has 2 heterocycles. The average Bonchev–Trinajstić information content (AvgIpc) is 2.86. The van der Waals surface area contributed by atoms with Crippen LogP contribution in [0.5, 0.6) is 0 Å². The molecule has 0 radical (unpaired) electrons. The predicted octanol–water partition coefficient (Wildman–Crippen LogP) is 4.37. The van der Waals surface area contributed by atoms with Gasteiger partial charge in [-0.25, -0.2) is 0 Å². The van der Waals surface area contributed by atoms with Gasteiger partial charge in [-0.3, -0.25) is 9.97 Å². The van der Waals surface area contributed by atoms with Crippen LogP contribution in [0.2, 0.25) is 5.02 Å². The lowest BCUT2D eigenvalue weighted by Crippen LogP contribution is -1.90. The highest BCUT2D eigenvalue weighted by molar-refractivity contribution is 6.33. The molecule has 2 aromatic heterocycles. The topological polar surface area (TPSA) is 25.8 Å². The quantitative estimate of drug-likeness (QED) is 0.517. The Bertz CT molecular complexity index is 812. The summed E-state index contributed by atoms with van der Waals surface area (Å²) in [6, 6.07) is 12.4. The van der Waals surface area contributed by atoms with Crippen LogP contribution in [0.4, 0.5) is 0 Å². The van der Waals surface area contributed by atoms with Crippen molar-refractivity contribution in [2.24, 2.45) is 0 Å². The molecule has 0 saturated carbocycles. The Hall–Kier alpha value is -2.19. The van der Waals surface area contributed by atoms with E-state index >= 15 is 0 Å². The van der Waals surface area contributed by atoms with Gasteiger partial charge in [0.2, 0.25) is 0 Å². The monoisotopic (exact) mass is 278 g/mol. The first-order valence-electron chi connectivity index (χ1n) is 6.50. The molecule has 0 N–H and O–H groups in total. The van der Waals surface area contributed by atoms with Gasteiger partial charge in [-0.2, -0.15) is 0 Å². The van der Waals surface area contributed by atoms with Gasteiger partial charge in [-0.1, -0.05) is 35.9 Å². The van der Waals surface area contributed by atoms with Gasteiger partial charge in [0.05, 0.1) is 10.7 Å². The number of halogens is 1. The molecule has 0 bridgehead atoms. The van der Waals surface area contributed by atoms with Crippen LogP contribution in [-0.4, -0.2) is 9.97 Å². The molecule has 0 atom stereocenters. The maximum atomic E-state index is 6.30. The van der Waals surface area contributed by atoms with Crippen LogP contribution in [0, 0.1) is 0 Å². The van der Waals surface area contributed by atoms with Gasteiger partial charge in [-0.05, 0) is 28.8 Å². The number of pyridine rings is 2. The molecule has 0 spiro atoms. The number of nitrogens with zero attached hydrogens (tertiary/aromatic N) is 2. The lowest BCUT2D eigenvalue weighted by molar-refractivity contribution is 1.12. The van der Waals surface area contributed by atoms with Crippen LogP contribution < -0.4 is 0 Å². The van der Waals surface area contributed by atoms with E-state index in [1.807, 2.05) is 18.3 Å². The molecule has 0 unspecified atom stereocenters. The van der Waals surface area contributed by atoms with E-state index in [0.29, 0.717) is 5.02 Å². The van der Waals surface area contributed by atoms with Gasteiger partial charge in [0.25, 0.3) is 0 Å². The number of aromatic nitrogens is 2. The predicted molar refractivity (Wildman–Crippen MR) is 80.7 cm³/mol. The first-order chi connectivity index (χ1) is 9.84. The summed E-state index contributed by atoms with van der Waals surface area (Å²) in [5, 5.41) is 0.672. The Labute approximate surface area is 122 Å². The fourth-order valence-corrected chi connectivity index (χ4v) is 3.08. The van der Waals surface area contributed by atoms with Crippen LogP contribution in [-0.2, 0) is 6.42 Å². The first kappa shape index (κ1) is 11.6. The van der Waals surface area contributed by atoms with Crippen molar-refractivity contribution in [2.45, 2.75) is 6.42 Å². The highest BCUT2D eigenvalue weighted by Crippen LogP contribution is 2.43. The van der Waals surface area contributed by atoms with Crippen molar-refractivity contribution in [2.75, 3.05) is 0 Å². The van der Waals surface area contributed by atoms with Crippen molar-refractivity contribution in [3.05, 3.63) is 71.3 Å². The zero-order chi connectivity index (χ0) is 13.5. The molecule has 0 aliphatic heterocycles. The highest BCUT2D eigenvalue weighted by atomic mass is 35.5. The fraction of sp³-hybridized carbons (Fsp3) is 0.0588. The SMILES string of the molecule is Clc1cnccc1-c1ccnc2c1-c1ccccc1C2. The minimum absolute atomic E-state index is 0.672. The standard InChI is InChI=1S/C17H11ClN2/c18-15-10-19-7-5-13(15)14-6-8-20-16-9-11-3-1-2-4-12(11)17(14)16/h1-8,10H,9H2. The van der Waals surface area contributed by atoms with Gasteiger partial charge in [0.15, 0.2) is 0 Å². The number of fused-ring (bicyclic) bond motifs is 3. The zero-order valence-electron chi connectivity index (χ0n) is 10.7. The Morgan fingerprint density at radius 2 is 1.75 bits per heavy atom. The summed E-state index contributed by atoms with van der Waals surface area (Å²) in [6.45, 7) is 0. The molecule has 1 aliphatic carbocycles. The third-order valence-electron chi connectivity index (χ3n) is 3.74. The summed E-state index contributed by atoms with van der Waals surface area (Å²) in [6.07, 6.45) is 6.21. The van der Waals surface area contributed by atoms with Gasteiger partial charge in [0.1, 0.15) is 0 Å². The first-order valence-corrected chi connectivity index (χ1v) is 6.88. The minimum atomic E-state index is 0.672. The van der Waals surface area contributed by atoms with E-state index in [0.717, 1.165) is 23.2 Å². The Morgan fingerprint density at radius 1 is 0.900 bits per heavy atom. The van der Waals surface area contributed by atoms with Crippen molar-refractivity contribution in [1.82, 2.24) is 9.97 Å². The summed E-state index contributed by atoms with van der Waals surface area (Å²) in [5.41, 5.74) is 7.06. The van der Waals surface area contributed by atoms with E-state index in [4.69, 9.17) is 11.6 Å². The summed E-state index contributed by atoms with van der Waals surface area (Å²) in [5.74, 6) is 0. The van der Waals surface area contributed by atoms with Crippen LogP contribution in [0.15, 0.2) is 55.0 Å². The van der Waals surface area contributed by atoms with Crippen LogP contribution >= 0.6 is 11.6 Å². The highest BCUT2D eigenvalue weighted by Gasteiger charge is 2.23. The number of rotatable bonds is 1. The molecule has 96 valence electrons. The molecule has 0 saturated heterocycles. The molecule has 0 fully saturated rings. The molecular formula is C17H11ClN2. The average molecular weight is 279 g/mol. The minimum Gasteiger partial charge on any atom is -0.263 e. The van der Waals surface area contributed by atoms with E-state index in [1.165, 1.54) is 16.7 Å². The van der Waals surface area contributed by atoms with Gasteiger partial charge in [0, 0.05) is 36.1 Å². The second-order valence-corrected chi connectivity index (χ2v) is 5.28. The molecular weight excluding hydrogens is 268 g/mol. The maximum Gasteiger partial charge on any atom is 0.0667 e. The van der Waals surface area contributed by atoms with Crippen molar-refractivity contribution in [1.29, 1.82) is 0 Å². The molecule has 1 aromatic carbocycles. The number of hydrogen-bond acceptors (Lipinski definition) is 2. The van der Waals surface area contributed by atoms with Crippen molar-refractivity contribution >= 4 is 11.6 Å². The van der Waals surface area contributed by atoms with Gasteiger partial charge < -0.3 is 0 Å². The van der Waals surface area contributed by atoms with Crippen LogP contribution in [0.25, 0.3) is 22.3 Å². The van der Waals surface area contributed by atoms with Crippen LogP contribution in [0.3, 0.4) is 0 Å². The van der Waals surface area contributed by atoms with Crippen molar-refractivity contribution in [3.63, 3.8) is 0 Å². The zero-order valence-corrected chi connectivity index (χ0v) is 11.4. The fourth-order valence-electron chi connectivity index (χ4n) is 2.86. The van der Waals surface area contributed by atoms with E-state index in [1.54, 1.807) is 12.4 Å². The molecule has 20 heavy (non-hydrogen) atoms. The third-order valence-corrected chi connectivity index (χ3v) is 4.04. The Morgan fingerprint density at radius 3 is 2.65 bits per heavy atom. The third kappa shape index (κ3) is 1.65. The van der Waals surface area contributed by atoms with E-state index in [2.05, 4.69) is 34.2 Å². The van der Waals surface area contributed by atoms with Crippen molar-refractivity contribution < 1.29 is 0 Å². The lowest BCUT2D eigenvalue weighted by atomic mass is 9.97. The normalized spacial score (nSPS) is 12.1. The summed E-state index contributed by atoms with van der Waals surface area (Å²) < 4.78 is 0.